The lowest BCUT2D eigenvalue weighted by molar-refractivity contribution is -0.139. The average Bonchev–Trinajstić information content (AvgIpc) is 2.73. The maximum absolute atomic E-state index is 13.0. The monoisotopic (exact) mass is 468 g/mol. The van der Waals surface area contributed by atoms with E-state index >= 15 is 0 Å². The van der Waals surface area contributed by atoms with E-state index in [4.69, 9.17) is 26.2 Å². The van der Waals surface area contributed by atoms with Gasteiger partial charge in [0.2, 0.25) is 10.0 Å². The third-order valence-corrected chi connectivity index (χ3v) is 6.93. The van der Waals surface area contributed by atoms with Crippen molar-refractivity contribution in [2.45, 2.75) is 24.8 Å². The molecule has 0 spiro atoms. The van der Waals surface area contributed by atoms with Gasteiger partial charge in [0.05, 0.1) is 21.7 Å². The normalized spacial score (nSPS) is 15.2. The molecule has 8 nitrogen and oxygen atoms in total. The van der Waals surface area contributed by atoms with Crippen LogP contribution in [-0.4, -0.2) is 62.7 Å². The van der Waals surface area contributed by atoms with Gasteiger partial charge in [0, 0.05) is 32.2 Å². The minimum Gasteiger partial charge on any atom is -0.491 e. The molecule has 0 radical (unpaired) electrons. The van der Waals surface area contributed by atoms with E-state index in [-0.39, 0.29) is 11.0 Å². The van der Waals surface area contributed by atoms with Crippen molar-refractivity contribution in [1.82, 2.24) is 4.31 Å². The molecular formula is C21H25ClN2O6S. The van der Waals surface area contributed by atoms with Crippen LogP contribution in [-0.2, 0) is 14.8 Å². The zero-order valence-corrected chi connectivity index (χ0v) is 18.9. The molecule has 10 heteroatoms. The fraction of sp³-hybridized carbons (Fsp3) is 0.381. The lowest BCUT2D eigenvalue weighted by Crippen LogP contribution is -2.48. The molecule has 1 fully saturated rings. The predicted molar refractivity (Wildman–Crippen MR) is 118 cm³/mol. The van der Waals surface area contributed by atoms with Crippen molar-refractivity contribution in [2.75, 3.05) is 37.7 Å². The van der Waals surface area contributed by atoms with Crippen molar-refractivity contribution in [2.24, 2.45) is 0 Å². The van der Waals surface area contributed by atoms with Crippen LogP contribution in [0.25, 0.3) is 0 Å². The van der Waals surface area contributed by atoms with Crippen LogP contribution in [0.15, 0.2) is 47.4 Å². The molecule has 0 unspecified atom stereocenters. The van der Waals surface area contributed by atoms with Gasteiger partial charge in [0.15, 0.2) is 6.61 Å². The lowest BCUT2D eigenvalue weighted by atomic mass is 10.2. The maximum atomic E-state index is 13.0. The minimum atomic E-state index is -3.62. The molecular weight excluding hydrogens is 444 g/mol. The number of sulfonamides is 1. The number of aliphatic carboxylic acids is 1. The molecule has 31 heavy (non-hydrogen) atoms. The number of hydrogen-bond donors (Lipinski definition) is 1. The first-order valence-electron chi connectivity index (χ1n) is 9.83. The van der Waals surface area contributed by atoms with Gasteiger partial charge in [-0.25, -0.2) is 13.2 Å². The van der Waals surface area contributed by atoms with E-state index in [1.54, 1.807) is 42.5 Å². The van der Waals surface area contributed by atoms with Gasteiger partial charge < -0.3 is 19.5 Å². The number of anilines is 1. The highest BCUT2D eigenvalue weighted by Gasteiger charge is 2.29. The fourth-order valence-electron chi connectivity index (χ4n) is 3.25. The highest BCUT2D eigenvalue weighted by Crippen LogP contribution is 2.31. The van der Waals surface area contributed by atoms with Crippen molar-refractivity contribution in [3.63, 3.8) is 0 Å². The fourth-order valence-corrected chi connectivity index (χ4v) is 4.91. The number of benzene rings is 2. The summed E-state index contributed by atoms with van der Waals surface area (Å²) >= 11 is 6.31. The Morgan fingerprint density at radius 1 is 1.06 bits per heavy atom. The first kappa shape index (κ1) is 23.2. The van der Waals surface area contributed by atoms with Gasteiger partial charge in [0.25, 0.3) is 0 Å². The van der Waals surface area contributed by atoms with Crippen LogP contribution in [0, 0.1) is 0 Å². The summed E-state index contributed by atoms with van der Waals surface area (Å²) in [6.07, 6.45) is 0.00962. The number of ether oxygens (including phenoxy) is 2. The van der Waals surface area contributed by atoms with E-state index in [9.17, 15) is 13.2 Å². The Morgan fingerprint density at radius 2 is 1.68 bits per heavy atom. The van der Waals surface area contributed by atoms with Crippen molar-refractivity contribution < 1.29 is 27.8 Å². The van der Waals surface area contributed by atoms with Gasteiger partial charge >= 0.3 is 5.97 Å². The highest BCUT2D eigenvalue weighted by atomic mass is 35.5. The van der Waals surface area contributed by atoms with Crippen molar-refractivity contribution in [1.29, 1.82) is 0 Å². The van der Waals surface area contributed by atoms with Gasteiger partial charge in [0.1, 0.15) is 11.5 Å². The van der Waals surface area contributed by atoms with Gasteiger partial charge in [-0.3, -0.25) is 0 Å². The minimum absolute atomic E-state index is 0.00962. The summed E-state index contributed by atoms with van der Waals surface area (Å²) in [4.78, 5) is 12.9. The van der Waals surface area contributed by atoms with E-state index in [1.807, 2.05) is 18.7 Å². The summed E-state index contributed by atoms with van der Waals surface area (Å²) in [5.41, 5.74) is 0.678. The van der Waals surface area contributed by atoms with E-state index in [2.05, 4.69) is 0 Å². The highest BCUT2D eigenvalue weighted by molar-refractivity contribution is 7.89. The molecule has 2 aromatic rings. The van der Waals surface area contributed by atoms with E-state index in [0.29, 0.717) is 48.4 Å². The van der Waals surface area contributed by atoms with Gasteiger partial charge in [-0.15, -0.1) is 0 Å². The Bertz CT molecular complexity index is 1020. The van der Waals surface area contributed by atoms with E-state index < -0.39 is 22.6 Å². The largest absolute Gasteiger partial charge is 0.491 e. The average molecular weight is 469 g/mol. The number of carbonyl (C=O) groups is 1. The second kappa shape index (κ2) is 9.76. The molecule has 1 heterocycles. The zero-order chi connectivity index (χ0) is 22.6. The Morgan fingerprint density at radius 3 is 2.26 bits per heavy atom. The Labute approximate surface area is 187 Å². The van der Waals surface area contributed by atoms with E-state index in [1.165, 1.54) is 4.31 Å². The number of rotatable bonds is 8. The van der Waals surface area contributed by atoms with Crippen LogP contribution in [0.1, 0.15) is 13.8 Å². The molecule has 0 saturated carbocycles. The summed E-state index contributed by atoms with van der Waals surface area (Å²) in [6, 6.07) is 11.3. The van der Waals surface area contributed by atoms with Crippen LogP contribution in [0.2, 0.25) is 5.02 Å². The predicted octanol–water partition coefficient (Wildman–Crippen LogP) is 3.10. The molecule has 2 aromatic carbocycles. The zero-order valence-electron chi connectivity index (χ0n) is 17.3. The van der Waals surface area contributed by atoms with Crippen molar-refractivity contribution in [3.05, 3.63) is 47.5 Å². The first-order valence-corrected chi connectivity index (χ1v) is 11.6. The van der Waals surface area contributed by atoms with E-state index in [0.717, 1.165) is 0 Å². The number of hydrogen-bond acceptors (Lipinski definition) is 6. The number of carboxylic acids is 1. The molecule has 1 N–H and O–H groups in total. The molecule has 0 bridgehead atoms. The van der Waals surface area contributed by atoms with Gasteiger partial charge in [-0.2, -0.15) is 4.31 Å². The molecule has 0 amide bonds. The molecule has 0 aliphatic carbocycles. The van der Waals surface area contributed by atoms with Crippen LogP contribution < -0.4 is 14.4 Å². The maximum Gasteiger partial charge on any atom is 0.341 e. The summed E-state index contributed by atoms with van der Waals surface area (Å²) in [5.74, 6) is -0.0573. The molecule has 0 atom stereocenters. The SMILES string of the molecule is CC(C)Oc1ccc(S(=O)(=O)N2CCN(c3cc(OCC(=O)O)ccc3Cl)CC2)cc1. The molecule has 1 saturated heterocycles. The topological polar surface area (TPSA) is 96.4 Å². The summed E-state index contributed by atoms with van der Waals surface area (Å²) in [5, 5.41) is 9.26. The molecule has 3 rings (SSSR count). The summed E-state index contributed by atoms with van der Waals surface area (Å²) in [6.45, 7) is 4.83. The van der Waals surface area contributed by atoms with Crippen LogP contribution in [0.5, 0.6) is 11.5 Å². The smallest absolute Gasteiger partial charge is 0.341 e. The van der Waals surface area contributed by atoms with Gasteiger partial charge in [-0.1, -0.05) is 11.6 Å². The first-order chi connectivity index (χ1) is 14.7. The molecule has 1 aliphatic heterocycles. The standard InChI is InChI=1S/C21H25ClN2O6S/c1-15(2)30-16-3-6-18(7-4-16)31(27,28)24-11-9-23(10-12-24)20-13-17(5-8-19(20)22)29-14-21(25)26/h3-8,13,15H,9-12,14H2,1-2H3,(H,25,26). The van der Waals surface area contributed by atoms with Crippen LogP contribution in [0.4, 0.5) is 5.69 Å². The number of halogens is 1. The number of piperazine rings is 1. The number of carboxylic acid groups (broad SMARTS) is 1. The van der Waals surface area contributed by atoms with Gasteiger partial charge in [-0.05, 0) is 50.2 Å². The third kappa shape index (κ3) is 5.81. The summed E-state index contributed by atoms with van der Waals surface area (Å²) < 4.78 is 38.2. The number of nitrogens with zero attached hydrogens (tertiary/aromatic N) is 2. The molecule has 168 valence electrons. The third-order valence-electron chi connectivity index (χ3n) is 4.69. The van der Waals surface area contributed by atoms with Crippen molar-refractivity contribution >= 4 is 33.3 Å². The Balaban J connectivity index is 1.67. The second-order valence-electron chi connectivity index (χ2n) is 7.32. The second-order valence-corrected chi connectivity index (χ2v) is 9.67. The van der Waals surface area contributed by atoms with Crippen LogP contribution in [0.3, 0.4) is 0 Å². The van der Waals surface area contributed by atoms with Crippen LogP contribution >= 0.6 is 11.6 Å². The Hall–Kier alpha value is -2.49. The molecule has 1 aliphatic rings. The quantitative estimate of drug-likeness (QED) is 0.635. The molecule has 0 aromatic heterocycles. The Kier molecular flexibility index (Phi) is 7.30. The lowest BCUT2D eigenvalue weighted by Gasteiger charge is -2.35. The van der Waals surface area contributed by atoms with Crippen molar-refractivity contribution in [3.8, 4) is 11.5 Å². The summed E-state index contributed by atoms with van der Waals surface area (Å²) in [7, 11) is -3.62.